The highest BCUT2D eigenvalue weighted by atomic mass is 16.1. The van der Waals surface area contributed by atoms with Crippen LogP contribution in [0.5, 0.6) is 0 Å². The van der Waals surface area contributed by atoms with Crippen molar-refractivity contribution in [3.05, 3.63) is 42.0 Å². The highest BCUT2D eigenvalue weighted by Crippen LogP contribution is 2.14. The van der Waals surface area contributed by atoms with Crippen molar-refractivity contribution in [1.82, 2.24) is 0 Å². The molecule has 0 aliphatic heterocycles. The molecule has 92 valence electrons. The summed E-state index contributed by atoms with van der Waals surface area (Å²) in [7, 11) is 0. The van der Waals surface area contributed by atoms with E-state index < -0.39 is 0 Å². The van der Waals surface area contributed by atoms with E-state index in [2.05, 4.69) is 6.92 Å². The van der Waals surface area contributed by atoms with Gasteiger partial charge < -0.3 is 5.73 Å². The number of rotatable bonds is 7. The SMILES string of the molecule is CCCCC(CC=Cc1ccccc1)C(N)=O. The van der Waals surface area contributed by atoms with Crippen LogP contribution in [0.2, 0.25) is 0 Å². The van der Waals surface area contributed by atoms with Gasteiger partial charge in [-0.05, 0) is 18.4 Å². The van der Waals surface area contributed by atoms with Gasteiger partial charge in [0.05, 0.1) is 0 Å². The standard InChI is InChI=1S/C15H21NO/c1-2-3-11-14(15(16)17)12-7-10-13-8-5-4-6-9-13/h4-10,14H,2-3,11-12H2,1H3,(H2,16,17). The number of amides is 1. The summed E-state index contributed by atoms with van der Waals surface area (Å²) in [6, 6.07) is 10.1. The Bertz CT molecular complexity index is 356. The first kappa shape index (κ1) is 13.5. The van der Waals surface area contributed by atoms with Gasteiger partial charge in [-0.25, -0.2) is 0 Å². The fourth-order valence-electron chi connectivity index (χ4n) is 1.76. The normalized spacial score (nSPS) is 12.8. The minimum Gasteiger partial charge on any atom is -0.369 e. The lowest BCUT2D eigenvalue weighted by Crippen LogP contribution is -2.22. The third kappa shape index (κ3) is 5.34. The van der Waals surface area contributed by atoms with E-state index in [1.807, 2.05) is 42.5 Å². The first-order valence-corrected chi connectivity index (χ1v) is 6.25. The molecule has 0 radical (unpaired) electrons. The Morgan fingerprint density at radius 3 is 2.65 bits per heavy atom. The van der Waals surface area contributed by atoms with Crippen molar-refractivity contribution in [2.45, 2.75) is 32.6 Å². The van der Waals surface area contributed by atoms with Crippen molar-refractivity contribution < 1.29 is 4.79 Å². The van der Waals surface area contributed by atoms with Gasteiger partial charge in [-0.3, -0.25) is 4.79 Å². The van der Waals surface area contributed by atoms with E-state index in [4.69, 9.17) is 5.73 Å². The Kier molecular flexibility index (Phi) is 6.08. The van der Waals surface area contributed by atoms with Crippen molar-refractivity contribution >= 4 is 12.0 Å². The Hall–Kier alpha value is -1.57. The van der Waals surface area contributed by atoms with Gasteiger partial charge in [0.15, 0.2) is 0 Å². The van der Waals surface area contributed by atoms with Crippen LogP contribution in [0, 0.1) is 5.92 Å². The molecule has 2 nitrogen and oxygen atoms in total. The summed E-state index contributed by atoms with van der Waals surface area (Å²) >= 11 is 0. The van der Waals surface area contributed by atoms with E-state index in [9.17, 15) is 4.79 Å². The molecule has 0 saturated carbocycles. The third-order valence-corrected chi connectivity index (χ3v) is 2.84. The molecule has 0 aliphatic carbocycles. The number of unbranched alkanes of at least 4 members (excludes halogenated alkanes) is 1. The second kappa shape index (κ2) is 7.66. The van der Waals surface area contributed by atoms with Crippen LogP contribution in [-0.2, 0) is 4.79 Å². The zero-order chi connectivity index (χ0) is 12.5. The maximum Gasteiger partial charge on any atom is 0.220 e. The lowest BCUT2D eigenvalue weighted by atomic mass is 9.97. The quantitative estimate of drug-likeness (QED) is 0.768. The molecular formula is C15H21NO. The summed E-state index contributed by atoms with van der Waals surface area (Å²) in [5, 5.41) is 0. The topological polar surface area (TPSA) is 43.1 Å². The Morgan fingerprint density at radius 1 is 1.35 bits per heavy atom. The van der Waals surface area contributed by atoms with Gasteiger partial charge >= 0.3 is 0 Å². The van der Waals surface area contributed by atoms with E-state index in [0.29, 0.717) is 0 Å². The van der Waals surface area contributed by atoms with Gasteiger partial charge in [-0.15, -0.1) is 0 Å². The highest BCUT2D eigenvalue weighted by molar-refractivity contribution is 5.76. The largest absolute Gasteiger partial charge is 0.369 e. The van der Waals surface area contributed by atoms with Crippen LogP contribution in [0.25, 0.3) is 6.08 Å². The first-order valence-electron chi connectivity index (χ1n) is 6.25. The van der Waals surface area contributed by atoms with E-state index >= 15 is 0 Å². The molecule has 1 aromatic carbocycles. The van der Waals surface area contributed by atoms with Crippen molar-refractivity contribution in [1.29, 1.82) is 0 Å². The second-order valence-electron chi connectivity index (χ2n) is 4.29. The molecule has 1 aromatic rings. The molecule has 17 heavy (non-hydrogen) atoms. The number of hydrogen-bond donors (Lipinski definition) is 1. The molecule has 2 N–H and O–H groups in total. The molecule has 1 rings (SSSR count). The zero-order valence-electron chi connectivity index (χ0n) is 10.4. The molecule has 0 spiro atoms. The molecule has 1 unspecified atom stereocenters. The summed E-state index contributed by atoms with van der Waals surface area (Å²) in [6.45, 7) is 2.12. The molecule has 0 fully saturated rings. The number of carbonyl (C=O) groups is 1. The molecule has 0 bridgehead atoms. The Labute approximate surface area is 104 Å². The van der Waals surface area contributed by atoms with Crippen LogP contribution < -0.4 is 5.73 Å². The summed E-state index contributed by atoms with van der Waals surface area (Å²) in [5.41, 5.74) is 6.54. The van der Waals surface area contributed by atoms with Crippen molar-refractivity contribution in [3.8, 4) is 0 Å². The Morgan fingerprint density at radius 2 is 2.06 bits per heavy atom. The fourth-order valence-corrected chi connectivity index (χ4v) is 1.76. The lowest BCUT2D eigenvalue weighted by Gasteiger charge is -2.09. The number of hydrogen-bond acceptors (Lipinski definition) is 1. The third-order valence-electron chi connectivity index (χ3n) is 2.84. The van der Waals surface area contributed by atoms with Crippen LogP contribution in [-0.4, -0.2) is 5.91 Å². The van der Waals surface area contributed by atoms with Gasteiger partial charge in [-0.2, -0.15) is 0 Å². The lowest BCUT2D eigenvalue weighted by molar-refractivity contribution is -0.121. The molecule has 2 heteroatoms. The van der Waals surface area contributed by atoms with E-state index in [0.717, 1.165) is 31.2 Å². The summed E-state index contributed by atoms with van der Waals surface area (Å²) in [6.07, 6.45) is 7.89. The van der Waals surface area contributed by atoms with Gasteiger partial charge in [0, 0.05) is 5.92 Å². The predicted molar refractivity (Wildman–Crippen MR) is 72.3 cm³/mol. The summed E-state index contributed by atoms with van der Waals surface area (Å²) in [4.78, 5) is 11.2. The van der Waals surface area contributed by atoms with Crippen LogP contribution >= 0.6 is 0 Å². The molecule has 0 aromatic heterocycles. The molecule has 0 aliphatic rings. The Balaban J connectivity index is 2.46. The fraction of sp³-hybridized carbons (Fsp3) is 0.400. The first-order chi connectivity index (χ1) is 8.24. The molecule has 1 atom stereocenters. The zero-order valence-corrected chi connectivity index (χ0v) is 10.4. The van der Waals surface area contributed by atoms with Crippen LogP contribution in [0.15, 0.2) is 36.4 Å². The number of allylic oxidation sites excluding steroid dienone is 1. The van der Waals surface area contributed by atoms with Gasteiger partial charge in [0.25, 0.3) is 0 Å². The van der Waals surface area contributed by atoms with Gasteiger partial charge in [0.1, 0.15) is 0 Å². The smallest absolute Gasteiger partial charge is 0.220 e. The average Bonchev–Trinajstić information content (AvgIpc) is 2.34. The predicted octanol–water partition coefficient (Wildman–Crippen LogP) is 3.38. The summed E-state index contributed by atoms with van der Waals surface area (Å²) in [5.74, 6) is -0.203. The molecule has 0 saturated heterocycles. The minimum absolute atomic E-state index is 0.0186. The van der Waals surface area contributed by atoms with Crippen molar-refractivity contribution in [2.24, 2.45) is 11.7 Å². The highest BCUT2D eigenvalue weighted by Gasteiger charge is 2.12. The minimum atomic E-state index is -0.184. The van der Waals surface area contributed by atoms with Gasteiger partial charge in [-0.1, -0.05) is 62.2 Å². The maximum absolute atomic E-state index is 11.2. The monoisotopic (exact) mass is 231 g/mol. The molecule has 1 amide bonds. The van der Waals surface area contributed by atoms with E-state index in [-0.39, 0.29) is 11.8 Å². The molecule has 0 heterocycles. The number of carbonyl (C=O) groups excluding carboxylic acids is 1. The van der Waals surface area contributed by atoms with Crippen molar-refractivity contribution in [2.75, 3.05) is 0 Å². The maximum atomic E-state index is 11.2. The number of nitrogens with two attached hydrogens (primary N) is 1. The average molecular weight is 231 g/mol. The summed E-state index contributed by atoms with van der Waals surface area (Å²) < 4.78 is 0. The second-order valence-corrected chi connectivity index (χ2v) is 4.29. The van der Waals surface area contributed by atoms with E-state index in [1.165, 1.54) is 0 Å². The van der Waals surface area contributed by atoms with Gasteiger partial charge in [0.2, 0.25) is 5.91 Å². The van der Waals surface area contributed by atoms with Crippen molar-refractivity contribution in [3.63, 3.8) is 0 Å². The van der Waals surface area contributed by atoms with E-state index in [1.54, 1.807) is 0 Å². The van der Waals surface area contributed by atoms with Crippen LogP contribution in [0.4, 0.5) is 0 Å². The number of benzene rings is 1. The molecular weight excluding hydrogens is 210 g/mol. The number of primary amides is 1. The van der Waals surface area contributed by atoms with Crippen LogP contribution in [0.3, 0.4) is 0 Å². The van der Waals surface area contributed by atoms with Crippen LogP contribution in [0.1, 0.15) is 38.2 Å².